The maximum absolute atomic E-state index is 14.5. The molecule has 0 unspecified atom stereocenters. The second-order valence-corrected chi connectivity index (χ2v) is 14.7. The first kappa shape index (κ1) is 36.8. The molecule has 12 nitrogen and oxygen atoms in total. The van der Waals surface area contributed by atoms with Gasteiger partial charge < -0.3 is 30.4 Å². The first-order chi connectivity index (χ1) is 23.7. The van der Waals surface area contributed by atoms with E-state index in [9.17, 15) is 28.4 Å². The molecule has 2 heterocycles. The van der Waals surface area contributed by atoms with Crippen LogP contribution in [-0.2, 0) is 35.4 Å². The zero-order valence-electron chi connectivity index (χ0n) is 28.6. The lowest BCUT2D eigenvalue weighted by atomic mass is 9.85. The number of carbonyl (C=O) groups excluding carboxylic acids is 5. The molecular formula is C36H43ClFN5O7. The summed E-state index contributed by atoms with van der Waals surface area (Å²) < 4.78 is 19.0. The summed E-state index contributed by atoms with van der Waals surface area (Å²) in [4.78, 5) is 74.7. The molecule has 2 aliphatic heterocycles. The van der Waals surface area contributed by atoms with E-state index >= 15 is 0 Å². The topological polar surface area (TPSA) is 156 Å². The average Bonchev–Trinajstić information content (AvgIpc) is 3.66. The van der Waals surface area contributed by atoms with Gasteiger partial charge in [0.05, 0.1) is 18.3 Å². The number of nitrogens with zero attached hydrogens (tertiary/aromatic N) is 2. The van der Waals surface area contributed by atoms with E-state index in [0.717, 1.165) is 18.4 Å². The van der Waals surface area contributed by atoms with Gasteiger partial charge in [-0.05, 0) is 54.5 Å². The van der Waals surface area contributed by atoms with E-state index in [2.05, 4.69) is 21.1 Å². The van der Waals surface area contributed by atoms with Gasteiger partial charge in [-0.1, -0.05) is 75.1 Å². The Balaban J connectivity index is 1.38. The van der Waals surface area contributed by atoms with E-state index < -0.39 is 64.6 Å². The second-order valence-electron chi connectivity index (χ2n) is 14.3. The van der Waals surface area contributed by atoms with Crippen LogP contribution in [0.1, 0.15) is 77.3 Å². The largest absolute Gasteiger partial charge is 0.445 e. The molecule has 1 aliphatic carbocycles. The van der Waals surface area contributed by atoms with Gasteiger partial charge in [-0.2, -0.15) is 0 Å². The lowest BCUT2D eigenvalue weighted by molar-refractivity contribution is -0.144. The zero-order chi connectivity index (χ0) is 36.2. The molecule has 0 radical (unpaired) electrons. The Morgan fingerprint density at radius 2 is 1.84 bits per heavy atom. The molecule has 268 valence electrons. The number of ether oxygens (including phenoxy) is 1. The smallest absolute Gasteiger partial charge is 0.408 e. The number of benzene rings is 2. The van der Waals surface area contributed by atoms with Crippen molar-refractivity contribution in [3.63, 3.8) is 0 Å². The maximum Gasteiger partial charge on any atom is 0.408 e. The quantitative estimate of drug-likeness (QED) is 0.276. The van der Waals surface area contributed by atoms with Crippen LogP contribution in [0.4, 0.5) is 9.18 Å². The number of likely N-dealkylation sites (tertiary alicyclic amines) is 1. The molecular weight excluding hydrogens is 669 g/mol. The van der Waals surface area contributed by atoms with Crippen molar-refractivity contribution in [3.8, 4) is 0 Å². The molecule has 3 N–H and O–H groups in total. The Morgan fingerprint density at radius 1 is 1.10 bits per heavy atom. The number of carbonyl (C=O) groups is 5. The van der Waals surface area contributed by atoms with E-state index in [1.165, 1.54) is 23.1 Å². The SMILES string of the molecule is CCC[C@H](NC(=O)[C@@H]1C[C@]2(CC(c3cccc(Cl)c3)=NO2)CN1C(=O)[C@@H](NC(=O)OCc1cccc(F)c1)C(C)(C)C)C(=O)C(=O)NC1CC1. The van der Waals surface area contributed by atoms with Crippen molar-refractivity contribution < 1.29 is 37.9 Å². The zero-order valence-corrected chi connectivity index (χ0v) is 29.3. The van der Waals surface area contributed by atoms with Crippen molar-refractivity contribution >= 4 is 46.9 Å². The minimum absolute atomic E-state index is 0.0281. The van der Waals surface area contributed by atoms with E-state index in [-0.39, 0.29) is 38.5 Å². The van der Waals surface area contributed by atoms with Crippen LogP contribution >= 0.6 is 11.6 Å². The molecule has 2 aromatic carbocycles. The number of alkyl carbamates (subject to hydrolysis) is 1. The molecule has 2 fully saturated rings. The molecule has 5 rings (SSSR count). The summed E-state index contributed by atoms with van der Waals surface area (Å²) in [6.45, 7) is 6.81. The van der Waals surface area contributed by atoms with E-state index in [4.69, 9.17) is 21.2 Å². The van der Waals surface area contributed by atoms with Crippen molar-refractivity contribution in [2.75, 3.05) is 6.54 Å². The van der Waals surface area contributed by atoms with Crippen molar-refractivity contribution in [2.24, 2.45) is 10.6 Å². The van der Waals surface area contributed by atoms with E-state index in [1.807, 2.05) is 13.0 Å². The normalized spacial score (nSPS) is 21.1. The lowest BCUT2D eigenvalue weighted by Crippen LogP contribution is -2.59. The Morgan fingerprint density at radius 3 is 2.50 bits per heavy atom. The molecule has 14 heteroatoms. The number of hydrogen-bond acceptors (Lipinski definition) is 8. The van der Waals surface area contributed by atoms with Crippen molar-refractivity contribution in [1.29, 1.82) is 0 Å². The number of hydrogen-bond donors (Lipinski definition) is 3. The number of halogens is 2. The van der Waals surface area contributed by atoms with E-state index in [1.54, 1.807) is 45.0 Å². The molecule has 4 amide bonds. The summed E-state index contributed by atoms with van der Waals surface area (Å²) in [6.07, 6.45) is 1.70. The second kappa shape index (κ2) is 15.2. The number of ketones is 1. The minimum atomic E-state index is -1.17. The van der Waals surface area contributed by atoms with Crippen LogP contribution in [0.5, 0.6) is 0 Å². The van der Waals surface area contributed by atoms with Crippen molar-refractivity contribution in [1.82, 2.24) is 20.9 Å². The summed E-state index contributed by atoms with van der Waals surface area (Å²) in [5, 5.41) is 12.9. The molecule has 1 saturated carbocycles. The van der Waals surface area contributed by atoms with Crippen LogP contribution in [0, 0.1) is 11.2 Å². The van der Waals surface area contributed by atoms with Gasteiger partial charge in [0.1, 0.15) is 24.5 Å². The molecule has 1 saturated heterocycles. The van der Waals surface area contributed by atoms with E-state index in [0.29, 0.717) is 22.7 Å². The van der Waals surface area contributed by atoms with Gasteiger partial charge in [-0.3, -0.25) is 19.2 Å². The summed E-state index contributed by atoms with van der Waals surface area (Å²) in [5.74, 6) is -3.21. The summed E-state index contributed by atoms with van der Waals surface area (Å²) in [7, 11) is 0. The first-order valence-corrected chi connectivity index (χ1v) is 17.2. The van der Waals surface area contributed by atoms with Gasteiger partial charge in [-0.25, -0.2) is 9.18 Å². The fourth-order valence-corrected chi connectivity index (χ4v) is 6.36. The maximum atomic E-state index is 14.5. The number of rotatable bonds is 12. The van der Waals surface area contributed by atoms with Gasteiger partial charge in [0.15, 0.2) is 5.60 Å². The Hall–Kier alpha value is -4.52. The Bertz CT molecular complexity index is 1680. The van der Waals surface area contributed by atoms with Crippen LogP contribution in [0.15, 0.2) is 53.7 Å². The van der Waals surface area contributed by atoms with Crippen LogP contribution in [0.25, 0.3) is 0 Å². The molecule has 4 atom stereocenters. The summed E-state index contributed by atoms with van der Waals surface area (Å²) in [6, 6.07) is 9.25. The molecule has 2 aromatic rings. The average molecular weight is 712 g/mol. The predicted octanol–water partition coefficient (Wildman–Crippen LogP) is 4.42. The predicted molar refractivity (Wildman–Crippen MR) is 183 cm³/mol. The highest BCUT2D eigenvalue weighted by atomic mass is 35.5. The van der Waals surface area contributed by atoms with Gasteiger partial charge in [0.2, 0.25) is 17.6 Å². The third-order valence-corrected chi connectivity index (χ3v) is 9.20. The number of amides is 4. The minimum Gasteiger partial charge on any atom is -0.445 e. The summed E-state index contributed by atoms with van der Waals surface area (Å²) >= 11 is 6.22. The highest BCUT2D eigenvalue weighted by molar-refractivity contribution is 6.38. The van der Waals surface area contributed by atoms with Gasteiger partial charge in [-0.15, -0.1) is 0 Å². The molecule has 50 heavy (non-hydrogen) atoms. The Kier molecular flexibility index (Phi) is 11.1. The lowest BCUT2D eigenvalue weighted by Gasteiger charge is -2.35. The van der Waals surface area contributed by atoms with Crippen LogP contribution in [0.3, 0.4) is 0 Å². The van der Waals surface area contributed by atoms with Gasteiger partial charge >= 0.3 is 6.09 Å². The van der Waals surface area contributed by atoms with Crippen LogP contribution in [0.2, 0.25) is 5.02 Å². The highest BCUT2D eigenvalue weighted by Gasteiger charge is 2.55. The highest BCUT2D eigenvalue weighted by Crippen LogP contribution is 2.40. The monoisotopic (exact) mass is 711 g/mol. The van der Waals surface area contributed by atoms with Gasteiger partial charge in [0, 0.05) is 29.5 Å². The molecule has 0 aromatic heterocycles. The number of Topliss-reactive ketones (excluding diaryl/α,β-unsaturated/α-hetero) is 1. The Labute approximate surface area is 295 Å². The fraction of sp³-hybridized carbons (Fsp3) is 0.500. The first-order valence-electron chi connectivity index (χ1n) is 16.8. The third kappa shape index (κ3) is 8.98. The molecule has 1 spiro atoms. The third-order valence-electron chi connectivity index (χ3n) is 8.96. The molecule has 3 aliphatic rings. The number of oxime groups is 1. The van der Waals surface area contributed by atoms with Crippen molar-refractivity contribution in [2.45, 2.75) is 103 Å². The molecule has 0 bridgehead atoms. The number of nitrogens with one attached hydrogen (secondary N) is 3. The van der Waals surface area contributed by atoms with Crippen molar-refractivity contribution in [3.05, 3.63) is 70.5 Å². The van der Waals surface area contributed by atoms with Crippen LogP contribution < -0.4 is 16.0 Å². The summed E-state index contributed by atoms with van der Waals surface area (Å²) in [5.41, 5.74) is -0.211. The van der Waals surface area contributed by atoms with Gasteiger partial charge in [0.25, 0.3) is 5.91 Å². The fourth-order valence-electron chi connectivity index (χ4n) is 6.17. The van der Waals surface area contributed by atoms with Crippen LogP contribution in [-0.4, -0.2) is 76.5 Å². The standard InChI is InChI=1S/C36H43ClFN5O7/c1-5-8-26(29(44)32(46)39-25-13-14-25)40-31(45)28-18-36(17-27(42-50-36)22-10-7-11-23(37)16-22)20-43(28)33(47)30(35(2,3)4)41-34(48)49-19-21-9-6-12-24(38)15-21/h6-7,9-12,15-16,25-26,28,30H,5,8,13-14,17-20H2,1-4H3,(H,39,46)(H,40,45)(H,41,48)/t26-,28-,30+,36+/m0/s1.